The molecule has 162 valence electrons. The van der Waals surface area contributed by atoms with Gasteiger partial charge in [-0.2, -0.15) is 0 Å². The van der Waals surface area contributed by atoms with E-state index in [1.54, 1.807) is 7.11 Å². The second-order valence-corrected chi connectivity index (χ2v) is 9.41. The summed E-state index contributed by atoms with van der Waals surface area (Å²) in [7, 11) is 1.76. The van der Waals surface area contributed by atoms with Crippen LogP contribution in [0.3, 0.4) is 0 Å². The highest BCUT2D eigenvalue weighted by Crippen LogP contribution is 2.61. The second-order valence-electron chi connectivity index (χ2n) is 9.41. The number of para-hydroxylation sites is 1. The zero-order valence-electron chi connectivity index (χ0n) is 19.3. The van der Waals surface area contributed by atoms with Crippen LogP contribution in [0.1, 0.15) is 60.0 Å². The molecule has 0 saturated heterocycles. The van der Waals surface area contributed by atoms with Crippen molar-refractivity contribution in [1.29, 1.82) is 0 Å². The van der Waals surface area contributed by atoms with E-state index in [2.05, 4.69) is 87.2 Å². The van der Waals surface area contributed by atoms with Gasteiger partial charge >= 0.3 is 0 Å². The third kappa shape index (κ3) is 3.54. The fourth-order valence-corrected chi connectivity index (χ4v) is 5.66. The number of ether oxygens (including phenoxy) is 2. The molecule has 0 amide bonds. The molecule has 3 aliphatic rings. The second kappa shape index (κ2) is 7.96. The Labute approximate surface area is 186 Å². The quantitative estimate of drug-likeness (QED) is 0.531. The zero-order chi connectivity index (χ0) is 21.7. The fourth-order valence-electron chi connectivity index (χ4n) is 5.66. The van der Waals surface area contributed by atoms with Crippen molar-refractivity contribution in [1.82, 2.24) is 0 Å². The summed E-state index contributed by atoms with van der Waals surface area (Å²) in [5, 5.41) is 0. The Morgan fingerprint density at radius 3 is 2.71 bits per heavy atom. The molecule has 0 bridgehead atoms. The van der Waals surface area contributed by atoms with Gasteiger partial charge in [0.05, 0.1) is 30.9 Å². The predicted molar refractivity (Wildman–Crippen MR) is 128 cm³/mol. The predicted octanol–water partition coefficient (Wildman–Crippen LogP) is 6.11. The van der Waals surface area contributed by atoms with Crippen LogP contribution < -0.4 is 4.90 Å². The Bertz CT molecular complexity index is 1050. The van der Waals surface area contributed by atoms with Gasteiger partial charge in [-0.25, -0.2) is 0 Å². The lowest BCUT2D eigenvalue weighted by molar-refractivity contribution is 0.0259. The van der Waals surface area contributed by atoms with Crippen molar-refractivity contribution >= 4 is 11.8 Å². The van der Waals surface area contributed by atoms with E-state index < -0.39 is 0 Å². The SMILES string of the molecule is COC(C)CC(C)OC/C=C1/C2c3cc(C)cc(C)c3C3C=Cc4ccccc4N3[C@H]12. The lowest BCUT2D eigenvalue weighted by atomic mass is 9.85. The Morgan fingerprint density at radius 2 is 1.90 bits per heavy atom. The van der Waals surface area contributed by atoms with Gasteiger partial charge in [0.1, 0.15) is 0 Å². The van der Waals surface area contributed by atoms with Crippen LogP contribution in [-0.2, 0) is 9.47 Å². The van der Waals surface area contributed by atoms with Crippen molar-refractivity contribution in [2.45, 2.75) is 64.3 Å². The number of methoxy groups -OCH3 is 1. The molecule has 2 aliphatic heterocycles. The minimum Gasteiger partial charge on any atom is -0.382 e. The summed E-state index contributed by atoms with van der Waals surface area (Å²) in [5.41, 5.74) is 9.93. The number of fused-ring (bicyclic) bond motifs is 8. The minimum absolute atomic E-state index is 0.191. The fraction of sp³-hybridized carbons (Fsp3) is 0.429. The lowest BCUT2D eigenvalue weighted by Crippen LogP contribution is -2.36. The molecule has 0 N–H and O–H groups in total. The van der Waals surface area contributed by atoms with E-state index in [9.17, 15) is 0 Å². The Hall–Kier alpha value is -2.36. The van der Waals surface area contributed by atoms with Crippen LogP contribution in [-0.4, -0.2) is 32.0 Å². The first-order valence-electron chi connectivity index (χ1n) is 11.5. The largest absolute Gasteiger partial charge is 0.382 e. The molecular weight excluding hydrogens is 382 g/mol. The molecular formula is C28H33NO2. The van der Waals surface area contributed by atoms with Crippen LogP contribution in [0, 0.1) is 13.8 Å². The zero-order valence-corrected chi connectivity index (χ0v) is 19.3. The number of anilines is 1. The molecule has 4 unspecified atom stereocenters. The smallest absolute Gasteiger partial charge is 0.0742 e. The maximum atomic E-state index is 6.12. The molecule has 3 heteroatoms. The van der Waals surface area contributed by atoms with E-state index in [1.165, 1.54) is 39.1 Å². The Balaban J connectivity index is 1.47. The highest BCUT2D eigenvalue weighted by molar-refractivity contribution is 5.79. The summed E-state index contributed by atoms with van der Waals surface area (Å²) in [6.45, 7) is 9.38. The number of nitrogens with zero attached hydrogens (tertiary/aromatic N) is 1. The molecule has 5 atom stereocenters. The first-order chi connectivity index (χ1) is 15.0. The van der Waals surface area contributed by atoms with Gasteiger partial charge in [0, 0.05) is 18.7 Å². The number of benzene rings is 2. The summed E-state index contributed by atoms with van der Waals surface area (Å²) >= 11 is 0. The molecule has 0 radical (unpaired) electrons. The van der Waals surface area contributed by atoms with Crippen LogP contribution in [0.4, 0.5) is 5.69 Å². The van der Waals surface area contributed by atoms with Crippen molar-refractivity contribution in [3.05, 3.63) is 81.9 Å². The van der Waals surface area contributed by atoms with E-state index >= 15 is 0 Å². The van der Waals surface area contributed by atoms with Crippen LogP contribution in [0.25, 0.3) is 6.08 Å². The van der Waals surface area contributed by atoms with Gasteiger partial charge < -0.3 is 14.4 Å². The first-order valence-corrected chi connectivity index (χ1v) is 11.5. The van der Waals surface area contributed by atoms with E-state index in [0.29, 0.717) is 24.6 Å². The van der Waals surface area contributed by atoms with E-state index in [0.717, 1.165) is 6.42 Å². The lowest BCUT2D eigenvalue weighted by Gasteiger charge is -2.41. The van der Waals surface area contributed by atoms with Crippen molar-refractivity contribution < 1.29 is 9.47 Å². The van der Waals surface area contributed by atoms with Crippen molar-refractivity contribution in [3.63, 3.8) is 0 Å². The Kier molecular flexibility index (Phi) is 5.27. The third-order valence-electron chi connectivity index (χ3n) is 7.14. The van der Waals surface area contributed by atoms with Crippen molar-refractivity contribution in [2.75, 3.05) is 18.6 Å². The van der Waals surface area contributed by atoms with Crippen LogP contribution in [0.2, 0.25) is 0 Å². The highest BCUT2D eigenvalue weighted by Gasteiger charge is 2.56. The summed E-state index contributed by atoms with van der Waals surface area (Å²) in [6.07, 6.45) is 8.36. The molecule has 31 heavy (non-hydrogen) atoms. The van der Waals surface area contributed by atoms with E-state index in [4.69, 9.17) is 9.47 Å². The average molecular weight is 416 g/mol. The van der Waals surface area contributed by atoms with Gasteiger partial charge in [0.15, 0.2) is 0 Å². The minimum atomic E-state index is 0.191. The van der Waals surface area contributed by atoms with Crippen molar-refractivity contribution in [2.24, 2.45) is 0 Å². The summed E-state index contributed by atoms with van der Waals surface area (Å²) in [5.74, 6) is 0.473. The standard InChI is InChI=1S/C28H33NO2/c1-17-14-18(2)26-23(15-17)27-22(12-13-31-20(4)16-19(3)30-5)28(27)29-24-9-7-6-8-21(24)10-11-25(26)29/h6-12,14-15,19-20,25,27-28H,13,16H2,1-5H3/b22-12-/t19?,20?,25?,27?,28-/m1/s1. The van der Waals surface area contributed by atoms with Gasteiger partial charge in [0.2, 0.25) is 0 Å². The monoisotopic (exact) mass is 415 g/mol. The number of aryl methyl sites for hydroxylation is 2. The molecule has 5 rings (SSSR count). The summed E-state index contributed by atoms with van der Waals surface area (Å²) < 4.78 is 11.5. The first kappa shape index (κ1) is 20.5. The molecule has 0 aromatic heterocycles. The summed E-state index contributed by atoms with van der Waals surface area (Å²) in [4.78, 5) is 2.65. The molecule has 2 aromatic rings. The van der Waals surface area contributed by atoms with Crippen LogP contribution >= 0.6 is 0 Å². The maximum absolute atomic E-state index is 6.12. The topological polar surface area (TPSA) is 21.7 Å². The molecule has 1 fully saturated rings. The van der Waals surface area contributed by atoms with Crippen LogP contribution in [0.5, 0.6) is 0 Å². The number of rotatable bonds is 6. The van der Waals surface area contributed by atoms with Crippen molar-refractivity contribution in [3.8, 4) is 0 Å². The number of hydrogen-bond donors (Lipinski definition) is 0. The Morgan fingerprint density at radius 1 is 1.10 bits per heavy atom. The number of hydrogen-bond acceptors (Lipinski definition) is 3. The highest BCUT2D eigenvalue weighted by atomic mass is 16.5. The molecule has 1 saturated carbocycles. The molecule has 2 heterocycles. The van der Waals surface area contributed by atoms with E-state index in [1.807, 2.05) is 0 Å². The van der Waals surface area contributed by atoms with Gasteiger partial charge in [-0.1, -0.05) is 54.1 Å². The third-order valence-corrected chi connectivity index (χ3v) is 7.14. The van der Waals surface area contributed by atoms with E-state index in [-0.39, 0.29) is 12.2 Å². The van der Waals surface area contributed by atoms with Gasteiger partial charge in [0.25, 0.3) is 0 Å². The van der Waals surface area contributed by atoms with Gasteiger partial charge in [-0.05, 0) is 68.0 Å². The molecule has 3 nitrogen and oxygen atoms in total. The van der Waals surface area contributed by atoms with Gasteiger partial charge in [-0.15, -0.1) is 0 Å². The molecule has 2 aromatic carbocycles. The molecule has 0 spiro atoms. The molecule has 1 aliphatic carbocycles. The normalized spacial score (nSPS) is 26.0. The van der Waals surface area contributed by atoms with Gasteiger partial charge in [-0.3, -0.25) is 0 Å². The maximum Gasteiger partial charge on any atom is 0.0742 e. The van der Waals surface area contributed by atoms with Crippen LogP contribution in [0.15, 0.2) is 54.1 Å². The average Bonchev–Trinajstić information content (AvgIpc) is 3.47. The summed E-state index contributed by atoms with van der Waals surface area (Å²) in [6, 6.07) is 14.3.